The van der Waals surface area contributed by atoms with Gasteiger partial charge >= 0.3 is 51.4 Å². The van der Waals surface area contributed by atoms with Gasteiger partial charge in [0, 0.05) is 0 Å². The summed E-state index contributed by atoms with van der Waals surface area (Å²) in [7, 11) is -3.14. The fraction of sp³-hybridized carbons (Fsp3) is 0. The molecule has 0 heterocycles. The molecular weight excluding hydrogens is 128 g/mol. The van der Waals surface area contributed by atoms with Crippen LogP contribution in [0.5, 0.6) is 0 Å². The van der Waals surface area contributed by atoms with E-state index in [4.69, 9.17) is 0 Å². The Morgan fingerprint density at radius 1 is 1.33 bits per heavy atom. The molecule has 0 radical (unpaired) electrons. The molecule has 0 unspecified atom stereocenters. The van der Waals surface area contributed by atoms with E-state index in [2.05, 4.69) is 16.5 Å². The average Bonchev–Trinajstić information content (AvgIpc) is 0.722. The first-order valence-electron chi connectivity index (χ1n) is 0.957. The molecule has 0 aliphatic carbocycles. The summed E-state index contributed by atoms with van der Waals surface area (Å²) in [5.41, 5.74) is 13.4. The first-order chi connectivity index (χ1) is 2.00. The third kappa shape index (κ3) is 42.4. The summed E-state index contributed by atoms with van der Waals surface area (Å²) >= 11 is 0. The summed E-state index contributed by atoms with van der Waals surface area (Å²) in [6.45, 7) is 0. The fourth-order valence-corrected chi connectivity index (χ4v) is 0. The quantitative estimate of drug-likeness (QED) is 0.233. The molecule has 6 heavy (non-hydrogen) atoms. The van der Waals surface area contributed by atoms with E-state index in [0.717, 1.165) is 0 Å². The zero-order valence-electron chi connectivity index (χ0n) is 4.59. The van der Waals surface area contributed by atoms with Gasteiger partial charge in [-0.05, 0) is 0 Å². The minimum atomic E-state index is -3.14. The molecule has 0 fully saturated rings. The van der Waals surface area contributed by atoms with E-state index >= 15 is 0 Å². The van der Waals surface area contributed by atoms with E-state index < -0.39 is 7.59 Å². The molecule has 0 atom stereocenters. The summed E-state index contributed by atoms with van der Waals surface area (Å²) in [5, 5.41) is 0. The van der Waals surface area contributed by atoms with Crippen LogP contribution in [0.25, 0.3) is 0 Å². The van der Waals surface area contributed by atoms with Crippen LogP contribution in [0.3, 0.4) is 0 Å². The van der Waals surface area contributed by atoms with Crippen molar-refractivity contribution in [3.8, 4) is 0 Å². The number of rotatable bonds is 0. The van der Waals surface area contributed by atoms with Gasteiger partial charge in [0.2, 0.25) is 0 Å². The monoisotopic (exact) mass is 135 g/mol. The Morgan fingerprint density at radius 2 is 1.33 bits per heavy atom. The standard InChI is InChI=1S/K.H6N3OP.H/c;1-5(2,3)4;/h;(H6,1,2,3,4);/q+1;;-1. The Morgan fingerprint density at radius 3 is 1.33 bits per heavy atom. The van der Waals surface area contributed by atoms with Crippen LogP contribution in [0.4, 0.5) is 0 Å². The second kappa shape index (κ2) is 3.71. The van der Waals surface area contributed by atoms with Crippen LogP contribution in [0.15, 0.2) is 0 Å². The zero-order chi connectivity index (χ0) is 4.50. The summed E-state index contributed by atoms with van der Waals surface area (Å²) < 4.78 is 9.55. The van der Waals surface area contributed by atoms with Gasteiger partial charge in [-0.15, -0.1) is 0 Å². The van der Waals surface area contributed by atoms with Crippen molar-refractivity contribution in [2.24, 2.45) is 16.5 Å². The molecule has 0 amide bonds. The van der Waals surface area contributed by atoms with Crippen LogP contribution in [0, 0.1) is 0 Å². The zero-order valence-corrected chi connectivity index (χ0v) is 7.61. The van der Waals surface area contributed by atoms with Crippen LogP contribution in [0.1, 0.15) is 1.43 Å². The SMILES string of the molecule is NP(N)(N)=O.[H-].[K+]. The molecule has 0 aromatic rings. The van der Waals surface area contributed by atoms with Gasteiger partial charge in [-0.2, -0.15) is 0 Å². The summed E-state index contributed by atoms with van der Waals surface area (Å²) in [4.78, 5) is 0. The number of hydrogen-bond acceptors (Lipinski definition) is 1. The topological polar surface area (TPSA) is 95.1 Å². The molecule has 34 valence electrons. The van der Waals surface area contributed by atoms with E-state index in [1.54, 1.807) is 0 Å². The molecule has 0 aromatic heterocycles. The molecule has 0 spiro atoms. The van der Waals surface area contributed by atoms with E-state index in [9.17, 15) is 4.57 Å². The molecule has 6 N–H and O–H groups in total. The minimum Gasteiger partial charge on any atom is -1.00 e. The molecule has 4 nitrogen and oxygen atoms in total. The first kappa shape index (κ1) is 10.7. The van der Waals surface area contributed by atoms with Gasteiger partial charge in [0.15, 0.2) is 0 Å². The Balaban J connectivity index is -0.0000000800. The summed E-state index contributed by atoms with van der Waals surface area (Å²) in [6, 6.07) is 0. The van der Waals surface area contributed by atoms with E-state index in [-0.39, 0.29) is 52.8 Å². The van der Waals surface area contributed by atoms with Gasteiger partial charge < -0.3 is 1.43 Å². The van der Waals surface area contributed by atoms with E-state index in [0.29, 0.717) is 0 Å². The molecule has 6 heteroatoms. The fourth-order valence-electron chi connectivity index (χ4n) is 0. The van der Waals surface area contributed by atoms with Crippen LogP contribution < -0.4 is 67.9 Å². The molecule has 0 saturated carbocycles. The maximum Gasteiger partial charge on any atom is 1.00 e. The van der Waals surface area contributed by atoms with Crippen LogP contribution in [-0.2, 0) is 4.57 Å². The van der Waals surface area contributed by atoms with Gasteiger partial charge in [-0.25, -0.2) is 0 Å². The van der Waals surface area contributed by atoms with Gasteiger partial charge in [0.25, 0.3) is 7.59 Å². The second-order valence-electron chi connectivity index (χ2n) is 0.763. The maximum absolute atomic E-state index is 9.55. The van der Waals surface area contributed by atoms with Crippen molar-refractivity contribution in [2.75, 3.05) is 0 Å². The molecule has 0 rings (SSSR count). The maximum atomic E-state index is 9.55. The van der Waals surface area contributed by atoms with Crippen molar-refractivity contribution < 1.29 is 57.4 Å². The normalized spacial score (nSPS) is 9.83. The molecule has 0 aliphatic heterocycles. The van der Waals surface area contributed by atoms with E-state index in [1.165, 1.54) is 0 Å². The van der Waals surface area contributed by atoms with Crippen molar-refractivity contribution in [3.05, 3.63) is 0 Å². The third-order valence-electron chi connectivity index (χ3n) is 0. The van der Waals surface area contributed by atoms with Crippen LogP contribution >= 0.6 is 7.59 Å². The molecule has 0 saturated heterocycles. The largest absolute Gasteiger partial charge is 1.00 e. The molecule has 0 aliphatic rings. The van der Waals surface area contributed by atoms with E-state index in [1.807, 2.05) is 0 Å². The second-order valence-corrected chi connectivity index (χ2v) is 2.29. The molecule has 0 bridgehead atoms. The van der Waals surface area contributed by atoms with Gasteiger partial charge in [-0.1, -0.05) is 0 Å². The predicted molar refractivity (Wildman–Crippen MR) is 21.3 cm³/mol. The van der Waals surface area contributed by atoms with Crippen molar-refractivity contribution >= 4 is 7.59 Å². The Labute approximate surface area is 80.3 Å². The van der Waals surface area contributed by atoms with Crippen molar-refractivity contribution in [3.63, 3.8) is 0 Å². The molecular formula is H7KN3OP. The van der Waals surface area contributed by atoms with Crippen LogP contribution in [0.2, 0.25) is 0 Å². The predicted octanol–water partition coefficient (Wildman–Crippen LogP) is -3.91. The van der Waals surface area contributed by atoms with Crippen molar-refractivity contribution in [1.29, 1.82) is 0 Å². The van der Waals surface area contributed by atoms with Crippen LogP contribution in [-0.4, -0.2) is 0 Å². The Bertz CT molecular complexity index is 61.1. The summed E-state index contributed by atoms with van der Waals surface area (Å²) in [6.07, 6.45) is 0. The third-order valence-corrected chi connectivity index (χ3v) is 0. The molecule has 0 aromatic carbocycles. The van der Waals surface area contributed by atoms with Crippen molar-refractivity contribution in [1.82, 2.24) is 0 Å². The average molecular weight is 135 g/mol. The number of hydrogen-bond donors (Lipinski definition) is 3. The summed E-state index contributed by atoms with van der Waals surface area (Å²) in [5.74, 6) is 0. The van der Waals surface area contributed by atoms with Crippen molar-refractivity contribution in [2.45, 2.75) is 0 Å². The van der Waals surface area contributed by atoms with Gasteiger partial charge in [-0.3, -0.25) is 21.1 Å². The van der Waals surface area contributed by atoms with Gasteiger partial charge in [0.05, 0.1) is 0 Å². The van der Waals surface area contributed by atoms with Gasteiger partial charge in [0.1, 0.15) is 0 Å². The number of nitrogens with two attached hydrogens (primary N) is 3. The Kier molecular flexibility index (Phi) is 6.61. The minimum absolute atomic E-state index is 0. The smallest absolute Gasteiger partial charge is 1.00 e. The first-order valence-corrected chi connectivity index (χ1v) is 2.87. The Hall–Kier alpha value is 1.75.